The van der Waals surface area contributed by atoms with Gasteiger partial charge in [-0.15, -0.1) is 0 Å². The summed E-state index contributed by atoms with van der Waals surface area (Å²) in [7, 11) is -3.72. The molecule has 37 heavy (non-hydrogen) atoms. The number of ether oxygens (including phenoxy) is 2. The molecule has 196 valence electrons. The van der Waals surface area contributed by atoms with Gasteiger partial charge in [0.2, 0.25) is 15.9 Å². The second kappa shape index (κ2) is 12.2. The van der Waals surface area contributed by atoms with Crippen LogP contribution in [0.2, 0.25) is 0 Å². The van der Waals surface area contributed by atoms with Crippen molar-refractivity contribution in [1.29, 1.82) is 0 Å². The molecule has 9 heteroatoms. The maximum absolute atomic E-state index is 13.0. The van der Waals surface area contributed by atoms with E-state index in [1.54, 1.807) is 31.2 Å². The van der Waals surface area contributed by atoms with E-state index < -0.39 is 16.1 Å². The average molecular weight is 524 g/mol. The number of nitrogens with zero attached hydrogens (tertiary/aromatic N) is 2. The van der Waals surface area contributed by atoms with Gasteiger partial charge in [-0.1, -0.05) is 42.5 Å². The molecule has 1 heterocycles. The monoisotopic (exact) mass is 523 g/mol. The highest BCUT2D eigenvalue weighted by Gasteiger charge is 2.29. The molecule has 1 saturated heterocycles. The van der Waals surface area contributed by atoms with Crippen molar-refractivity contribution < 1.29 is 22.7 Å². The fourth-order valence-electron chi connectivity index (χ4n) is 4.21. The number of carbonyl (C=O) groups excluding carboxylic acids is 1. The second-order valence-electron chi connectivity index (χ2n) is 9.07. The van der Waals surface area contributed by atoms with Crippen molar-refractivity contribution in [3.05, 3.63) is 90.0 Å². The average Bonchev–Trinajstić information content (AvgIpc) is 2.89. The molecule has 3 aromatic carbocycles. The molecule has 0 spiro atoms. The van der Waals surface area contributed by atoms with Crippen LogP contribution in [0, 0.1) is 0 Å². The number of para-hydroxylation sites is 1. The number of hydrogen-bond donors (Lipinski definition) is 1. The molecule has 1 aliphatic rings. The minimum atomic E-state index is -3.72. The Morgan fingerprint density at radius 3 is 2.16 bits per heavy atom. The van der Waals surface area contributed by atoms with Gasteiger partial charge in [0.25, 0.3) is 0 Å². The van der Waals surface area contributed by atoms with E-state index in [0.29, 0.717) is 23.7 Å². The maximum atomic E-state index is 13.0. The van der Waals surface area contributed by atoms with Crippen LogP contribution >= 0.6 is 0 Å². The molecule has 0 radical (unpaired) electrons. The van der Waals surface area contributed by atoms with Gasteiger partial charge in [0.15, 0.2) is 0 Å². The Hall–Kier alpha value is -3.40. The van der Waals surface area contributed by atoms with E-state index in [1.165, 1.54) is 5.56 Å². The Morgan fingerprint density at radius 1 is 0.946 bits per heavy atom. The molecule has 0 aromatic heterocycles. The Labute approximate surface area is 218 Å². The standard InChI is InChI=1S/C28H33N3O5S/c1-22(28(32)29-20-23-8-10-24(11-9-23)21-30-16-18-35-19-17-30)31(37(2,33)34)25-12-14-27(15-13-25)36-26-6-4-3-5-7-26/h3-15,22H,16-21H2,1-2H3,(H,29,32). The Kier molecular flexibility index (Phi) is 8.81. The van der Waals surface area contributed by atoms with E-state index in [0.717, 1.165) is 49.0 Å². The quantitative estimate of drug-likeness (QED) is 0.435. The molecular formula is C28H33N3O5S. The third kappa shape index (κ3) is 7.55. The largest absolute Gasteiger partial charge is 0.457 e. The van der Waals surface area contributed by atoms with E-state index in [1.807, 2.05) is 42.5 Å². The van der Waals surface area contributed by atoms with Crippen LogP contribution in [0.4, 0.5) is 5.69 Å². The van der Waals surface area contributed by atoms with Crippen molar-refractivity contribution in [1.82, 2.24) is 10.2 Å². The van der Waals surface area contributed by atoms with E-state index in [4.69, 9.17) is 9.47 Å². The highest BCUT2D eigenvalue weighted by atomic mass is 32.2. The molecule has 1 aliphatic heterocycles. The molecule has 8 nitrogen and oxygen atoms in total. The Bertz CT molecular complexity index is 1260. The van der Waals surface area contributed by atoms with Crippen molar-refractivity contribution >= 4 is 21.6 Å². The van der Waals surface area contributed by atoms with Crippen LogP contribution in [0.25, 0.3) is 0 Å². The fourth-order valence-corrected chi connectivity index (χ4v) is 5.39. The highest BCUT2D eigenvalue weighted by Crippen LogP contribution is 2.27. The number of rotatable bonds is 10. The van der Waals surface area contributed by atoms with Gasteiger partial charge in [-0.05, 0) is 54.4 Å². The molecule has 1 N–H and O–H groups in total. The first kappa shape index (κ1) is 26.7. The van der Waals surface area contributed by atoms with Crippen molar-refractivity contribution in [3.63, 3.8) is 0 Å². The van der Waals surface area contributed by atoms with Crippen LogP contribution in [0.1, 0.15) is 18.1 Å². The lowest BCUT2D eigenvalue weighted by Gasteiger charge is -2.28. The Balaban J connectivity index is 1.36. The van der Waals surface area contributed by atoms with Crippen LogP contribution in [0.3, 0.4) is 0 Å². The van der Waals surface area contributed by atoms with E-state index in [-0.39, 0.29) is 5.91 Å². The molecule has 0 saturated carbocycles. The molecular weight excluding hydrogens is 490 g/mol. The van der Waals surface area contributed by atoms with Crippen molar-refractivity contribution in [2.45, 2.75) is 26.1 Å². The predicted molar refractivity (Wildman–Crippen MR) is 144 cm³/mol. The van der Waals surface area contributed by atoms with Crippen molar-refractivity contribution in [2.24, 2.45) is 0 Å². The summed E-state index contributed by atoms with van der Waals surface area (Å²) in [6.07, 6.45) is 1.10. The normalized spacial score (nSPS) is 15.1. The smallest absolute Gasteiger partial charge is 0.243 e. The van der Waals surface area contributed by atoms with Gasteiger partial charge in [0.05, 0.1) is 25.2 Å². The van der Waals surface area contributed by atoms with E-state index >= 15 is 0 Å². The fraction of sp³-hybridized carbons (Fsp3) is 0.321. The summed E-state index contributed by atoms with van der Waals surface area (Å²) in [5, 5.41) is 2.87. The first-order chi connectivity index (χ1) is 17.8. The third-order valence-corrected chi connectivity index (χ3v) is 7.40. The highest BCUT2D eigenvalue weighted by molar-refractivity contribution is 7.92. The summed E-state index contributed by atoms with van der Waals surface area (Å²) in [5.41, 5.74) is 2.53. The van der Waals surface area contributed by atoms with Gasteiger partial charge < -0.3 is 14.8 Å². The third-order valence-electron chi connectivity index (χ3n) is 6.16. The number of sulfonamides is 1. The van der Waals surface area contributed by atoms with Crippen LogP contribution in [-0.4, -0.2) is 57.8 Å². The number of amides is 1. The first-order valence-corrected chi connectivity index (χ1v) is 14.1. The number of nitrogens with one attached hydrogen (secondary N) is 1. The number of anilines is 1. The molecule has 1 fully saturated rings. The van der Waals surface area contributed by atoms with E-state index in [2.05, 4.69) is 22.3 Å². The summed E-state index contributed by atoms with van der Waals surface area (Å²) < 4.78 is 37.6. The Morgan fingerprint density at radius 2 is 1.54 bits per heavy atom. The lowest BCUT2D eigenvalue weighted by molar-refractivity contribution is -0.122. The van der Waals surface area contributed by atoms with Crippen LogP contribution < -0.4 is 14.4 Å². The van der Waals surface area contributed by atoms with Gasteiger partial charge in [-0.25, -0.2) is 8.42 Å². The minimum Gasteiger partial charge on any atom is -0.457 e. The lowest BCUT2D eigenvalue weighted by atomic mass is 10.1. The predicted octanol–water partition coefficient (Wildman–Crippen LogP) is 3.78. The van der Waals surface area contributed by atoms with Gasteiger partial charge in [-0.2, -0.15) is 0 Å². The van der Waals surface area contributed by atoms with Gasteiger partial charge >= 0.3 is 0 Å². The zero-order chi connectivity index (χ0) is 26.3. The zero-order valence-corrected chi connectivity index (χ0v) is 22.0. The van der Waals surface area contributed by atoms with Crippen LogP contribution in [0.15, 0.2) is 78.9 Å². The van der Waals surface area contributed by atoms with Gasteiger partial charge in [0.1, 0.15) is 17.5 Å². The van der Waals surface area contributed by atoms with Crippen LogP contribution in [-0.2, 0) is 32.6 Å². The number of carbonyl (C=O) groups is 1. The molecule has 4 rings (SSSR count). The molecule has 0 aliphatic carbocycles. The SMILES string of the molecule is CC(C(=O)NCc1ccc(CN2CCOCC2)cc1)N(c1ccc(Oc2ccccc2)cc1)S(C)(=O)=O. The summed E-state index contributed by atoms with van der Waals surface area (Å²) in [5.74, 6) is 0.863. The molecule has 3 aromatic rings. The number of benzene rings is 3. The van der Waals surface area contributed by atoms with E-state index in [9.17, 15) is 13.2 Å². The maximum Gasteiger partial charge on any atom is 0.243 e. The van der Waals surface area contributed by atoms with Crippen LogP contribution in [0.5, 0.6) is 11.5 Å². The lowest BCUT2D eigenvalue weighted by Crippen LogP contribution is -2.47. The summed E-state index contributed by atoms with van der Waals surface area (Å²) in [6, 6.07) is 23.1. The van der Waals surface area contributed by atoms with Gasteiger partial charge in [0, 0.05) is 26.2 Å². The number of hydrogen-bond acceptors (Lipinski definition) is 6. The number of morpholine rings is 1. The zero-order valence-electron chi connectivity index (χ0n) is 21.2. The topological polar surface area (TPSA) is 88.2 Å². The van der Waals surface area contributed by atoms with Crippen molar-refractivity contribution in [2.75, 3.05) is 36.9 Å². The molecule has 1 unspecified atom stereocenters. The second-order valence-corrected chi connectivity index (χ2v) is 10.9. The molecule has 1 amide bonds. The summed E-state index contributed by atoms with van der Waals surface area (Å²) in [4.78, 5) is 15.3. The molecule has 1 atom stereocenters. The summed E-state index contributed by atoms with van der Waals surface area (Å²) >= 11 is 0. The minimum absolute atomic E-state index is 0.308. The van der Waals surface area contributed by atoms with Crippen molar-refractivity contribution in [3.8, 4) is 11.5 Å². The van der Waals surface area contributed by atoms with Gasteiger partial charge in [-0.3, -0.25) is 14.0 Å². The first-order valence-electron chi connectivity index (χ1n) is 12.3. The molecule has 0 bridgehead atoms. The summed E-state index contributed by atoms with van der Waals surface area (Å²) in [6.45, 7) is 6.13.